The third-order valence-corrected chi connectivity index (χ3v) is 4.25. The number of hydrogen-bond donors (Lipinski definition) is 1. The Morgan fingerprint density at radius 2 is 2.30 bits per heavy atom. The Morgan fingerprint density at radius 3 is 3.00 bits per heavy atom. The zero-order chi connectivity index (χ0) is 14.5. The summed E-state index contributed by atoms with van der Waals surface area (Å²) >= 11 is 5.94. The predicted molar refractivity (Wildman–Crippen MR) is 81.8 cm³/mol. The molecule has 20 heavy (non-hydrogen) atoms. The largest absolute Gasteiger partial charge is 0.382 e. The first kappa shape index (κ1) is 15.1. The molecule has 1 unspecified atom stereocenters. The van der Waals surface area contributed by atoms with Crippen LogP contribution in [0.25, 0.3) is 0 Å². The van der Waals surface area contributed by atoms with E-state index in [1.807, 2.05) is 4.90 Å². The highest BCUT2D eigenvalue weighted by atomic mass is 35.5. The van der Waals surface area contributed by atoms with Crippen LogP contribution in [-0.4, -0.2) is 28.9 Å². The number of nitrogens with two attached hydrogens (primary N) is 1. The van der Waals surface area contributed by atoms with Crippen LogP contribution in [0.4, 0.5) is 5.82 Å². The van der Waals surface area contributed by atoms with Crippen LogP contribution in [0, 0.1) is 5.92 Å². The Kier molecular flexibility index (Phi) is 5.24. The minimum Gasteiger partial charge on any atom is -0.382 e. The molecule has 4 nitrogen and oxygen atoms in total. The molecular weight excluding hydrogens is 274 g/mol. The fourth-order valence-electron chi connectivity index (χ4n) is 2.81. The Morgan fingerprint density at radius 1 is 1.50 bits per heavy atom. The van der Waals surface area contributed by atoms with Crippen LogP contribution in [0.2, 0.25) is 5.02 Å². The van der Waals surface area contributed by atoms with E-state index >= 15 is 0 Å². The van der Waals surface area contributed by atoms with Gasteiger partial charge in [0.25, 0.3) is 5.91 Å². The molecule has 2 heterocycles. The van der Waals surface area contributed by atoms with Crippen LogP contribution >= 0.6 is 11.6 Å². The maximum atomic E-state index is 12.5. The Hall–Kier alpha value is -1.29. The average Bonchev–Trinajstić information content (AvgIpc) is 2.67. The second kappa shape index (κ2) is 6.93. The number of carbonyl (C=O) groups is 1. The van der Waals surface area contributed by atoms with Crippen LogP contribution in [0.5, 0.6) is 0 Å². The van der Waals surface area contributed by atoms with E-state index in [2.05, 4.69) is 11.9 Å². The van der Waals surface area contributed by atoms with Gasteiger partial charge in [-0.25, -0.2) is 4.98 Å². The topological polar surface area (TPSA) is 59.2 Å². The van der Waals surface area contributed by atoms with Gasteiger partial charge in [-0.2, -0.15) is 0 Å². The van der Waals surface area contributed by atoms with Gasteiger partial charge in [-0.05, 0) is 31.2 Å². The molecule has 5 heteroatoms. The highest BCUT2D eigenvalue weighted by molar-refractivity contribution is 6.33. The lowest BCUT2D eigenvalue weighted by atomic mass is 9.96. The summed E-state index contributed by atoms with van der Waals surface area (Å²) in [6, 6.07) is 1.61. The summed E-state index contributed by atoms with van der Waals surface area (Å²) in [5.41, 5.74) is 6.10. The highest BCUT2D eigenvalue weighted by Crippen LogP contribution is 2.24. The summed E-state index contributed by atoms with van der Waals surface area (Å²) in [6.07, 6.45) is 7.38. The first-order valence-corrected chi connectivity index (χ1v) is 7.70. The molecule has 0 aliphatic carbocycles. The van der Waals surface area contributed by atoms with Crippen molar-refractivity contribution in [2.24, 2.45) is 5.92 Å². The highest BCUT2D eigenvalue weighted by Gasteiger charge is 2.21. The molecule has 1 amide bonds. The molecule has 1 saturated heterocycles. The molecule has 0 aromatic carbocycles. The first-order chi connectivity index (χ1) is 9.61. The number of anilines is 1. The van der Waals surface area contributed by atoms with Gasteiger partial charge in [0.1, 0.15) is 5.82 Å². The smallest absolute Gasteiger partial charge is 0.255 e. The van der Waals surface area contributed by atoms with Crippen molar-refractivity contribution in [3.63, 3.8) is 0 Å². The number of halogens is 1. The second-order valence-electron chi connectivity index (χ2n) is 5.47. The van der Waals surface area contributed by atoms with Crippen molar-refractivity contribution in [3.05, 3.63) is 22.8 Å². The summed E-state index contributed by atoms with van der Waals surface area (Å²) in [5.74, 6) is 1.03. The summed E-state index contributed by atoms with van der Waals surface area (Å²) < 4.78 is 0. The molecule has 110 valence electrons. The molecule has 1 aromatic heterocycles. The van der Waals surface area contributed by atoms with E-state index in [-0.39, 0.29) is 11.7 Å². The lowest BCUT2D eigenvalue weighted by Gasteiger charge is -2.20. The molecule has 1 aliphatic heterocycles. The molecule has 2 N–H and O–H groups in total. The Labute approximate surface area is 125 Å². The maximum absolute atomic E-state index is 12.5. The van der Waals surface area contributed by atoms with Gasteiger partial charge in [-0.3, -0.25) is 4.79 Å². The maximum Gasteiger partial charge on any atom is 0.255 e. The number of hydrogen-bond acceptors (Lipinski definition) is 3. The normalized spacial score (nSPS) is 19.7. The van der Waals surface area contributed by atoms with Crippen LogP contribution in [0.1, 0.15) is 49.4 Å². The fourth-order valence-corrected chi connectivity index (χ4v) is 2.98. The van der Waals surface area contributed by atoms with Crippen molar-refractivity contribution < 1.29 is 4.79 Å². The number of pyridine rings is 1. The molecule has 1 aromatic rings. The summed E-state index contributed by atoms with van der Waals surface area (Å²) in [7, 11) is 0. The summed E-state index contributed by atoms with van der Waals surface area (Å²) in [6.45, 7) is 3.86. The number of amides is 1. The van der Waals surface area contributed by atoms with Gasteiger partial charge < -0.3 is 10.6 Å². The van der Waals surface area contributed by atoms with Gasteiger partial charge >= 0.3 is 0 Å². The molecule has 1 atom stereocenters. The number of aromatic nitrogens is 1. The standard InChI is InChI=1S/C15H22ClN3O/c1-2-4-11-5-3-7-19(8-6-11)15(20)12-9-13(16)14(17)18-10-12/h9-11H,2-8H2,1H3,(H2,17,18). The van der Waals surface area contributed by atoms with Crippen LogP contribution < -0.4 is 5.73 Å². The van der Waals surface area contributed by atoms with Crippen molar-refractivity contribution >= 4 is 23.3 Å². The number of carbonyl (C=O) groups excluding carboxylic acids is 1. The summed E-state index contributed by atoms with van der Waals surface area (Å²) in [4.78, 5) is 18.3. The minimum absolute atomic E-state index is 0.0107. The lowest BCUT2D eigenvalue weighted by molar-refractivity contribution is 0.0759. The summed E-state index contributed by atoms with van der Waals surface area (Å²) in [5, 5.41) is 0.342. The second-order valence-corrected chi connectivity index (χ2v) is 5.88. The van der Waals surface area contributed by atoms with E-state index in [1.54, 1.807) is 6.07 Å². The van der Waals surface area contributed by atoms with Crippen molar-refractivity contribution in [3.8, 4) is 0 Å². The van der Waals surface area contributed by atoms with E-state index in [0.29, 0.717) is 10.6 Å². The van der Waals surface area contributed by atoms with Crippen LogP contribution in [0.15, 0.2) is 12.3 Å². The van der Waals surface area contributed by atoms with Gasteiger partial charge in [0, 0.05) is 19.3 Å². The Bertz CT molecular complexity index is 478. The molecule has 0 bridgehead atoms. The van der Waals surface area contributed by atoms with Gasteiger partial charge in [0.15, 0.2) is 0 Å². The number of nitrogens with zero attached hydrogens (tertiary/aromatic N) is 2. The van der Waals surface area contributed by atoms with E-state index in [4.69, 9.17) is 17.3 Å². The van der Waals surface area contributed by atoms with Crippen molar-refractivity contribution in [1.82, 2.24) is 9.88 Å². The number of likely N-dealkylation sites (tertiary alicyclic amines) is 1. The monoisotopic (exact) mass is 295 g/mol. The molecule has 0 saturated carbocycles. The first-order valence-electron chi connectivity index (χ1n) is 7.32. The molecule has 1 fully saturated rings. The number of nitrogen functional groups attached to an aromatic ring is 1. The van der Waals surface area contributed by atoms with Crippen LogP contribution in [0.3, 0.4) is 0 Å². The quantitative estimate of drug-likeness (QED) is 0.930. The van der Waals surface area contributed by atoms with E-state index in [1.165, 1.54) is 25.5 Å². The lowest BCUT2D eigenvalue weighted by Crippen LogP contribution is -2.32. The molecular formula is C15H22ClN3O. The zero-order valence-corrected chi connectivity index (χ0v) is 12.7. The van der Waals surface area contributed by atoms with Crippen LogP contribution in [-0.2, 0) is 0 Å². The fraction of sp³-hybridized carbons (Fsp3) is 0.600. The van der Waals surface area contributed by atoms with Crippen molar-refractivity contribution in [1.29, 1.82) is 0 Å². The number of rotatable bonds is 3. The van der Waals surface area contributed by atoms with E-state index in [0.717, 1.165) is 31.8 Å². The van der Waals surface area contributed by atoms with Gasteiger partial charge in [-0.1, -0.05) is 31.4 Å². The van der Waals surface area contributed by atoms with E-state index in [9.17, 15) is 4.79 Å². The zero-order valence-electron chi connectivity index (χ0n) is 11.9. The van der Waals surface area contributed by atoms with Crippen molar-refractivity contribution in [2.75, 3.05) is 18.8 Å². The minimum atomic E-state index is 0.0107. The third-order valence-electron chi connectivity index (χ3n) is 3.95. The Balaban J connectivity index is 2.03. The van der Waals surface area contributed by atoms with Gasteiger partial charge in [0.05, 0.1) is 10.6 Å². The third kappa shape index (κ3) is 3.63. The molecule has 2 rings (SSSR count). The average molecular weight is 296 g/mol. The molecule has 0 spiro atoms. The predicted octanol–water partition coefficient (Wildman–Crippen LogP) is 3.36. The van der Waals surface area contributed by atoms with E-state index < -0.39 is 0 Å². The van der Waals surface area contributed by atoms with Gasteiger partial charge in [0.2, 0.25) is 0 Å². The van der Waals surface area contributed by atoms with Gasteiger partial charge in [-0.15, -0.1) is 0 Å². The molecule has 0 radical (unpaired) electrons. The molecule has 1 aliphatic rings. The SMILES string of the molecule is CCCC1CCCN(C(=O)c2cnc(N)c(Cl)c2)CC1. The van der Waals surface area contributed by atoms with Crippen molar-refractivity contribution in [2.45, 2.75) is 39.0 Å².